The van der Waals surface area contributed by atoms with Gasteiger partial charge in [-0.25, -0.2) is 0 Å². The number of nitrogens with zero attached hydrogens (tertiary/aromatic N) is 1. The zero-order valence-corrected chi connectivity index (χ0v) is 17.0. The first-order valence-electron chi connectivity index (χ1n) is 9.27. The first-order valence-corrected chi connectivity index (χ1v) is 10.1. The van der Waals surface area contributed by atoms with Gasteiger partial charge in [0.15, 0.2) is 0 Å². The second kappa shape index (κ2) is 8.08. The molecule has 148 valence electrons. The number of fused-ring (bicyclic) bond motifs is 1. The number of hydrogen-bond acceptors (Lipinski definition) is 3. The predicted octanol–water partition coefficient (Wildman–Crippen LogP) is 3.00. The van der Waals surface area contributed by atoms with Crippen molar-refractivity contribution in [1.82, 2.24) is 20.7 Å². The van der Waals surface area contributed by atoms with Gasteiger partial charge in [-0.2, -0.15) is 0 Å². The molecule has 0 saturated carbocycles. The number of nitrogens with one attached hydrogen (secondary N) is 3. The molecular formula is C21H19BrN4O3. The summed E-state index contributed by atoms with van der Waals surface area (Å²) in [6.45, 7) is 0.503. The lowest BCUT2D eigenvalue weighted by Crippen LogP contribution is -2.51. The average Bonchev–Trinajstić information content (AvgIpc) is 3.39. The van der Waals surface area contributed by atoms with Crippen molar-refractivity contribution in [3.8, 4) is 0 Å². The number of benzene rings is 2. The minimum atomic E-state index is -0.616. The van der Waals surface area contributed by atoms with Crippen molar-refractivity contribution in [1.29, 1.82) is 0 Å². The molecule has 0 radical (unpaired) electrons. The van der Waals surface area contributed by atoms with Crippen molar-refractivity contribution in [3.63, 3.8) is 0 Å². The Labute approximate surface area is 175 Å². The van der Waals surface area contributed by atoms with Crippen LogP contribution in [0.3, 0.4) is 0 Å². The molecule has 4 rings (SSSR count). The highest BCUT2D eigenvalue weighted by Gasteiger charge is 2.34. The van der Waals surface area contributed by atoms with Crippen molar-refractivity contribution in [2.75, 3.05) is 6.54 Å². The third-order valence-corrected chi connectivity index (χ3v) is 5.57. The summed E-state index contributed by atoms with van der Waals surface area (Å²) < 4.78 is 0.879. The largest absolute Gasteiger partial charge is 0.360 e. The number of rotatable bonds is 3. The van der Waals surface area contributed by atoms with Gasteiger partial charge in [-0.05, 0) is 43.2 Å². The van der Waals surface area contributed by atoms with Crippen LogP contribution in [-0.4, -0.2) is 40.2 Å². The van der Waals surface area contributed by atoms with Crippen LogP contribution in [0.5, 0.6) is 0 Å². The topological polar surface area (TPSA) is 94.3 Å². The number of H-pyrrole nitrogens is 1. The molecule has 1 aliphatic rings. The van der Waals surface area contributed by atoms with Crippen molar-refractivity contribution < 1.29 is 14.4 Å². The van der Waals surface area contributed by atoms with E-state index in [0.717, 1.165) is 21.8 Å². The number of amides is 3. The molecule has 1 atom stereocenters. The highest BCUT2D eigenvalue weighted by Crippen LogP contribution is 2.21. The molecular weight excluding hydrogens is 436 g/mol. The molecule has 3 aromatic rings. The van der Waals surface area contributed by atoms with E-state index < -0.39 is 17.9 Å². The second-order valence-corrected chi connectivity index (χ2v) is 7.77. The van der Waals surface area contributed by atoms with Crippen LogP contribution in [-0.2, 0) is 4.79 Å². The summed E-state index contributed by atoms with van der Waals surface area (Å²) in [4.78, 5) is 42.5. The Morgan fingerprint density at radius 3 is 2.59 bits per heavy atom. The van der Waals surface area contributed by atoms with Gasteiger partial charge < -0.3 is 9.88 Å². The molecule has 0 spiro atoms. The maximum absolute atomic E-state index is 12.8. The highest BCUT2D eigenvalue weighted by molar-refractivity contribution is 9.10. The van der Waals surface area contributed by atoms with Crippen LogP contribution >= 0.6 is 15.9 Å². The number of hydrogen-bond donors (Lipinski definition) is 3. The molecule has 2 aromatic carbocycles. The van der Waals surface area contributed by atoms with E-state index in [-0.39, 0.29) is 5.91 Å². The quantitative estimate of drug-likeness (QED) is 0.530. The van der Waals surface area contributed by atoms with E-state index >= 15 is 0 Å². The summed E-state index contributed by atoms with van der Waals surface area (Å²) in [6.07, 6.45) is 2.89. The van der Waals surface area contributed by atoms with Crippen molar-refractivity contribution >= 4 is 44.6 Å². The SMILES string of the molecule is O=C(NNC(=O)C1CCCN1C(=O)c1ccc(Br)cc1)c1c[nH]c2ccccc12. The van der Waals surface area contributed by atoms with Gasteiger partial charge in [-0.3, -0.25) is 25.2 Å². The summed E-state index contributed by atoms with van der Waals surface area (Å²) >= 11 is 3.35. The van der Waals surface area contributed by atoms with Crippen LogP contribution in [0.2, 0.25) is 0 Å². The maximum Gasteiger partial charge on any atom is 0.271 e. The summed E-state index contributed by atoms with van der Waals surface area (Å²) in [5, 5.41) is 0.771. The van der Waals surface area contributed by atoms with E-state index in [1.807, 2.05) is 24.3 Å². The Morgan fingerprint density at radius 2 is 1.79 bits per heavy atom. The van der Waals surface area contributed by atoms with Crippen molar-refractivity contribution in [2.45, 2.75) is 18.9 Å². The van der Waals surface area contributed by atoms with Crippen LogP contribution in [0.1, 0.15) is 33.6 Å². The Hall–Kier alpha value is -3.13. The van der Waals surface area contributed by atoms with E-state index in [2.05, 4.69) is 31.8 Å². The van der Waals surface area contributed by atoms with Gasteiger partial charge in [0.25, 0.3) is 17.7 Å². The molecule has 2 heterocycles. The fourth-order valence-corrected chi connectivity index (χ4v) is 3.83. The lowest BCUT2D eigenvalue weighted by atomic mass is 10.1. The summed E-state index contributed by atoms with van der Waals surface area (Å²) in [5.41, 5.74) is 6.73. The Kier molecular flexibility index (Phi) is 5.35. The molecule has 0 bridgehead atoms. The van der Waals surface area contributed by atoms with Crippen LogP contribution in [0.15, 0.2) is 59.2 Å². The van der Waals surface area contributed by atoms with Gasteiger partial charge >= 0.3 is 0 Å². The van der Waals surface area contributed by atoms with Gasteiger partial charge in [0.2, 0.25) is 0 Å². The van der Waals surface area contributed by atoms with E-state index in [0.29, 0.717) is 24.1 Å². The van der Waals surface area contributed by atoms with Crippen LogP contribution in [0, 0.1) is 0 Å². The highest BCUT2D eigenvalue weighted by atomic mass is 79.9. The summed E-state index contributed by atoms with van der Waals surface area (Å²) in [7, 11) is 0. The number of aromatic nitrogens is 1. The number of likely N-dealkylation sites (tertiary alicyclic amines) is 1. The average molecular weight is 455 g/mol. The number of halogens is 1. The van der Waals surface area contributed by atoms with Crippen LogP contribution in [0.25, 0.3) is 10.9 Å². The molecule has 1 aromatic heterocycles. The molecule has 0 aliphatic carbocycles. The van der Waals surface area contributed by atoms with E-state index in [1.165, 1.54) is 0 Å². The Balaban J connectivity index is 1.41. The summed E-state index contributed by atoms with van der Waals surface area (Å²) in [6, 6.07) is 13.8. The van der Waals surface area contributed by atoms with Crippen molar-refractivity contribution in [3.05, 3.63) is 70.3 Å². The third kappa shape index (κ3) is 3.88. The van der Waals surface area contributed by atoms with Crippen LogP contribution in [0.4, 0.5) is 0 Å². The Bertz CT molecular complexity index is 1080. The van der Waals surface area contributed by atoms with Crippen molar-refractivity contribution in [2.24, 2.45) is 0 Å². The molecule has 1 aliphatic heterocycles. The van der Waals surface area contributed by atoms with Crippen LogP contribution < -0.4 is 10.9 Å². The number of hydrazine groups is 1. The number of para-hydroxylation sites is 1. The molecule has 1 fully saturated rings. The lowest BCUT2D eigenvalue weighted by molar-refractivity contribution is -0.125. The van der Waals surface area contributed by atoms with E-state index in [4.69, 9.17) is 0 Å². The summed E-state index contributed by atoms with van der Waals surface area (Å²) in [5.74, 6) is -1.01. The van der Waals surface area contributed by atoms with E-state index in [1.54, 1.807) is 35.4 Å². The molecule has 8 heteroatoms. The minimum absolute atomic E-state index is 0.196. The molecule has 1 saturated heterocycles. The second-order valence-electron chi connectivity index (χ2n) is 6.85. The standard InChI is InChI=1S/C21H19BrN4O3/c22-14-9-7-13(8-10-14)21(29)26-11-3-6-18(26)20(28)25-24-19(27)16-12-23-17-5-2-1-4-15(16)17/h1-2,4-5,7-10,12,18,23H,3,6,11H2,(H,24,27)(H,25,28). The first kappa shape index (κ1) is 19.2. The first-order chi connectivity index (χ1) is 14.0. The molecule has 7 nitrogen and oxygen atoms in total. The fourth-order valence-electron chi connectivity index (χ4n) is 3.57. The monoisotopic (exact) mass is 454 g/mol. The number of carbonyl (C=O) groups is 3. The minimum Gasteiger partial charge on any atom is -0.360 e. The molecule has 1 unspecified atom stereocenters. The fraction of sp³-hybridized carbons (Fsp3) is 0.190. The van der Waals surface area contributed by atoms with Gasteiger partial charge in [-0.15, -0.1) is 0 Å². The molecule has 3 amide bonds. The zero-order valence-electron chi connectivity index (χ0n) is 15.4. The van der Waals surface area contributed by atoms with Gasteiger partial charge in [0.05, 0.1) is 5.56 Å². The molecule has 29 heavy (non-hydrogen) atoms. The zero-order chi connectivity index (χ0) is 20.4. The Morgan fingerprint density at radius 1 is 1.03 bits per heavy atom. The van der Waals surface area contributed by atoms with Gasteiger partial charge in [0.1, 0.15) is 6.04 Å². The smallest absolute Gasteiger partial charge is 0.271 e. The van der Waals surface area contributed by atoms with Gasteiger partial charge in [0, 0.05) is 33.7 Å². The normalized spacial score (nSPS) is 16.0. The maximum atomic E-state index is 12.8. The number of carbonyl (C=O) groups excluding carboxylic acids is 3. The third-order valence-electron chi connectivity index (χ3n) is 5.04. The van der Waals surface area contributed by atoms with Gasteiger partial charge in [-0.1, -0.05) is 34.1 Å². The van der Waals surface area contributed by atoms with E-state index in [9.17, 15) is 14.4 Å². The number of aromatic amines is 1. The molecule has 3 N–H and O–H groups in total. The predicted molar refractivity (Wildman–Crippen MR) is 112 cm³/mol. The lowest BCUT2D eigenvalue weighted by Gasteiger charge is -2.24.